The second-order valence-electron chi connectivity index (χ2n) is 23.7. The average molecular weight is 1460 g/mol. The Hall–Kier alpha value is -11.2. The van der Waals surface area contributed by atoms with Crippen LogP contribution in [0.15, 0.2) is 52.4 Å². The van der Waals surface area contributed by atoms with E-state index in [4.69, 9.17) is 34.4 Å². The molecule has 10 atom stereocenters. The fourth-order valence-corrected chi connectivity index (χ4v) is 10.8. The third-order valence-corrected chi connectivity index (χ3v) is 16.6. The van der Waals surface area contributed by atoms with Crippen molar-refractivity contribution in [1.82, 2.24) is 52.8 Å². The first-order chi connectivity index (χ1) is 48.2. The van der Waals surface area contributed by atoms with Crippen molar-refractivity contribution in [2.75, 3.05) is 55.8 Å². The number of carboxylic acids is 2. The highest BCUT2D eigenvalue weighted by Crippen LogP contribution is 2.29. The number of rotatable bonds is 46. The Kier molecular flexibility index (Phi) is 36.2. The maximum absolute atomic E-state index is 14.6. The molecule has 41 heteroatoms. The number of non-ortho nitro benzene ring substituents is 1. The third kappa shape index (κ3) is 29.3. The molecule has 1 heterocycles. The van der Waals surface area contributed by atoms with Gasteiger partial charge >= 0.3 is 11.9 Å². The number of benzene rings is 2. The molecule has 0 spiro atoms. The van der Waals surface area contributed by atoms with E-state index in [0.29, 0.717) is 6.42 Å². The van der Waals surface area contributed by atoms with E-state index in [1.807, 2.05) is 0 Å². The van der Waals surface area contributed by atoms with Crippen LogP contribution in [0.25, 0.3) is 0 Å². The number of nitrogens with one attached hydrogen (secondary N) is 10. The summed E-state index contributed by atoms with van der Waals surface area (Å²) in [6.07, 6.45) is -1.62. The van der Waals surface area contributed by atoms with E-state index in [9.17, 15) is 92.8 Å². The van der Waals surface area contributed by atoms with Gasteiger partial charge in [0.25, 0.3) is 17.3 Å². The van der Waals surface area contributed by atoms with Gasteiger partial charge in [0.15, 0.2) is 11.9 Å². The first kappa shape index (κ1) is 85.1. The van der Waals surface area contributed by atoms with Crippen molar-refractivity contribution in [2.24, 2.45) is 44.6 Å². The van der Waals surface area contributed by atoms with Crippen LogP contribution in [0.5, 0.6) is 0 Å². The number of carbonyl (C=O) groups excluding carboxylic acids is 11. The first-order valence-corrected chi connectivity index (χ1v) is 33.9. The Morgan fingerprint density at radius 3 is 1.60 bits per heavy atom. The van der Waals surface area contributed by atoms with Crippen molar-refractivity contribution < 1.29 is 82.4 Å². The predicted octanol–water partition coefficient (Wildman–Crippen LogP) is -3.28. The van der Waals surface area contributed by atoms with Crippen LogP contribution in [0.2, 0.25) is 0 Å². The summed E-state index contributed by atoms with van der Waals surface area (Å²) in [5.41, 5.74) is 32.4. The molecule has 0 radical (unpaired) electrons. The number of aliphatic imine (C=N–C) groups is 2. The number of nitrogen functional groups attached to an aromatic ring is 1. The molecule has 102 heavy (non-hydrogen) atoms. The van der Waals surface area contributed by atoms with E-state index in [1.54, 1.807) is 32.2 Å². The van der Waals surface area contributed by atoms with Crippen LogP contribution in [0.4, 0.5) is 22.7 Å². The minimum absolute atomic E-state index is 0.0176. The fourth-order valence-electron chi connectivity index (χ4n) is 10.3. The number of carbonyl (C=O) groups is 13. The van der Waals surface area contributed by atoms with Crippen LogP contribution in [-0.2, 0) is 57.5 Å². The number of anilines is 2. The van der Waals surface area contributed by atoms with Gasteiger partial charge in [0, 0.05) is 63.7 Å². The number of para-hydroxylation sites is 1. The van der Waals surface area contributed by atoms with Gasteiger partial charge in [-0.2, -0.15) is 11.8 Å². The average Bonchev–Trinajstić information content (AvgIpc) is 1.52. The summed E-state index contributed by atoms with van der Waals surface area (Å²) in [4.78, 5) is 207. The predicted molar refractivity (Wildman–Crippen MR) is 372 cm³/mol. The SMILES string of the molecule is CCC(C)C(NC(=O)C(CCC(=O)O)NC(=O)C(CCC(=O)O)NC(=O)C1CCCN1C(=O)C(C)NC(=O)c1ccccc1N)C(=O)NC(CCSC)C(=O)NC(CCCN=C(N)N)C(=O)NC(CCCN=C(N)N)C(=O)NC(CCC(N)=O)C(=O)NCCNc1ccc([N+](=O)[O-])cc1[N+](=O)[O-]. The molecule has 10 unspecified atom stereocenters. The highest BCUT2D eigenvalue weighted by atomic mass is 32.2. The van der Waals surface area contributed by atoms with E-state index in [1.165, 1.54) is 35.7 Å². The monoisotopic (exact) mass is 1460 g/mol. The molecule has 562 valence electrons. The Morgan fingerprint density at radius 2 is 1.11 bits per heavy atom. The van der Waals surface area contributed by atoms with Crippen LogP contribution in [0.3, 0.4) is 0 Å². The van der Waals surface area contributed by atoms with Crippen LogP contribution in [0, 0.1) is 26.1 Å². The number of aliphatic carboxylic acids is 2. The number of thioether (sulfide) groups is 1. The number of hydrogen-bond acceptors (Lipinski definition) is 22. The molecule has 0 aromatic heterocycles. The van der Waals surface area contributed by atoms with Gasteiger partial charge in [-0.15, -0.1) is 0 Å². The van der Waals surface area contributed by atoms with Gasteiger partial charge in [0.05, 0.1) is 21.5 Å². The Balaban J connectivity index is 1.92. The van der Waals surface area contributed by atoms with Crippen molar-refractivity contribution in [3.8, 4) is 0 Å². The number of likely N-dealkylation sites (tertiary alicyclic amines) is 1. The molecular weight excluding hydrogens is 1360 g/mol. The van der Waals surface area contributed by atoms with Gasteiger partial charge in [-0.25, -0.2) is 0 Å². The van der Waals surface area contributed by atoms with Crippen molar-refractivity contribution >= 4 is 123 Å². The smallest absolute Gasteiger partial charge is 0.303 e. The summed E-state index contributed by atoms with van der Waals surface area (Å²) in [6, 6.07) is -4.46. The minimum Gasteiger partial charge on any atom is -0.481 e. The lowest BCUT2D eigenvalue weighted by molar-refractivity contribution is -0.393. The molecule has 1 saturated heterocycles. The van der Waals surface area contributed by atoms with Gasteiger partial charge in [-0.3, -0.25) is 92.5 Å². The van der Waals surface area contributed by atoms with E-state index >= 15 is 0 Å². The zero-order chi connectivity index (χ0) is 76.3. The van der Waals surface area contributed by atoms with Crippen LogP contribution in [0.1, 0.15) is 121 Å². The normalized spacial score (nSPS) is 15.0. The highest BCUT2D eigenvalue weighted by Gasteiger charge is 2.40. The molecule has 24 N–H and O–H groups in total. The zero-order valence-corrected chi connectivity index (χ0v) is 57.7. The second kappa shape index (κ2) is 43.4. The quantitative estimate of drug-likeness (QED) is 0.00772. The maximum atomic E-state index is 14.6. The Morgan fingerprint density at radius 1 is 0.618 bits per heavy atom. The molecular formula is C61H93N21O19S. The minimum atomic E-state index is -1.77. The summed E-state index contributed by atoms with van der Waals surface area (Å²) in [7, 11) is 0. The lowest BCUT2D eigenvalue weighted by atomic mass is 9.96. The molecule has 1 aliphatic rings. The number of nitro groups is 2. The molecule has 0 aliphatic carbocycles. The number of nitrogens with zero attached hydrogens (tertiary/aromatic N) is 5. The number of hydrogen-bond donors (Lipinski definition) is 18. The molecule has 1 aliphatic heterocycles. The van der Waals surface area contributed by atoms with Crippen molar-refractivity contribution in [1.29, 1.82) is 0 Å². The van der Waals surface area contributed by atoms with Gasteiger partial charge in [0.1, 0.15) is 60.1 Å². The summed E-state index contributed by atoms with van der Waals surface area (Å²) in [5, 5.41) is 67.8. The van der Waals surface area contributed by atoms with E-state index < -0.39 is 191 Å². The highest BCUT2D eigenvalue weighted by molar-refractivity contribution is 7.98. The molecule has 1 fully saturated rings. The third-order valence-electron chi connectivity index (χ3n) is 16.0. The van der Waals surface area contributed by atoms with Crippen molar-refractivity contribution in [2.45, 2.75) is 165 Å². The van der Waals surface area contributed by atoms with Gasteiger partial charge in [-0.05, 0) is 107 Å². The molecule has 0 bridgehead atoms. The molecule has 2 aromatic carbocycles. The maximum Gasteiger partial charge on any atom is 0.303 e. The van der Waals surface area contributed by atoms with Crippen LogP contribution < -0.4 is 87.6 Å². The van der Waals surface area contributed by atoms with Crippen LogP contribution >= 0.6 is 11.8 Å². The van der Waals surface area contributed by atoms with Gasteiger partial charge in [0.2, 0.25) is 59.1 Å². The fraction of sp³-hybridized carbons (Fsp3) is 0.557. The molecule has 2 aromatic rings. The lowest BCUT2D eigenvalue weighted by Gasteiger charge is -2.30. The number of nitrogens with two attached hydrogens (primary N) is 6. The molecule has 3 rings (SSSR count). The summed E-state index contributed by atoms with van der Waals surface area (Å²) >= 11 is 1.26. The number of guanidine groups is 2. The molecule has 11 amide bonds. The number of carboxylic acid groups (broad SMARTS) is 2. The van der Waals surface area contributed by atoms with Gasteiger partial charge in [-0.1, -0.05) is 32.4 Å². The van der Waals surface area contributed by atoms with Crippen LogP contribution in [-0.4, -0.2) is 213 Å². The Labute approximate surface area is 590 Å². The zero-order valence-electron chi connectivity index (χ0n) is 56.9. The number of nitro benzene ring substituents is 2. The summed E-state index contributed by atoms with van der Waals surface area (Å²) < 4.78 is 0. The van der Waals surface area contributed by atoms with E-state index in [-0.39, 0.29) is 119 Å². The van der Waals surface area contributed by atoms with Crippen molar-refractivity contribution in [3.05, 3.63) is 68.3 Å². The largest absolute Gasteiger partial charge is 0.481 e. The topological polar surface area (TPSA) is 653 Å². The number of amides is 11. The van der Waals surface area contributed by atoms with Gasteiger partial charge < -0.3 is 103 Å². The summed E-state index contributed by atoms with van der Waals surface area (Å²) in [6.45, 7) is 4.08. The molecule has 40 nitrogen and oxygen atoms in total. The Bertz CT molecular complexity index is 3390. The van der Waals surface area contributed by atoms with E-state index in [2.05, 4.69) is 63.2 Å². The lowest BCUT2D eigenvalue weighted by Crippen LogP contribution is -2.61. The standard InChI is InChI=1S/C61H93N21O19S/c1-5-32(2)49(79-56(94)42(20-23-48(86)87)76-54(92)41(19-22-47(84)85)77-57(95)44-15-10-29-80(44)59(97)33(3)72-50(88)35-11-6-7-12-36(35)62)58(96)78-43(24-30-102-4)55(93)74-38(13-8-25-70-60(64)65)52(90)73-39(14-9-26-71-61(66)67)53(91)75-40(18-21-46(63)83)51(89)69-28-27-68-37-17-16-34(81(98)99)31-45(37)82(100)101/h6-7,11-12,16-17,31-33,38-44,49,68H,5,8-10,13-15,18-30,62H2,1-4H3,(H2,63,83)(H,69,89)(H,72,88)(H,73,90)(H,74,93)(H,75,91)(H,76,92)(H,77,95)(H,78,96)(H,79,94)(H,84,85)(H,86,87)(H4,64,65,70)(H4,66,67,71). The summed E-state index contributed by atoms with van der Waals surface area (Å²) in [5.74, 6) is -14.1. The number of primary amides is 1. The second-order valence-corrected chi connectivity index (χ2v) is 24.7. The first-order valence-electron chi connectivity index (χ1n) is 32.5. The van der Waals surface area contributed by atoms with E-state index in [0.717, 1.165) is 18.2 Å². The molecule has 0 saturated carbocycles. The van der Waals surface area contributed by atoms with Crippen molar-refractivity contribution in [3.63, 3.8) is 0 Å².